The van der Waals surface area contributed by atoms with Crippen LogP contribution in [0.3, 0.4) is 0 Å². The topological polar surface area (TPSA) is 139 Å². The van der Waals surface area contributed by atoms with E-state index < -0.39 is 41.7 Å². The molecule has 1 aliphatic heterocycles. The molecule has 4 amide bonds. The largest absolute Gasteiger partial charge is 0.465 e. The van der Waals surface area contributed by atoms with E-state index in [1.807, 2.05) is 13.8 Å². The summed E-state index contributed by atoms with van der Waals surface area (Å²) >= 11 is 5.99. The van der Waals surface area contributed by atoms with E-state index >= 15 is 0 Å². The van der Waals surface area contributed by atoms with Gasteiger partial charge in [-0.05, 0) is 30.0 Å². The van der Waals surface area contributed by atoms with Gasteiger partial charge in [0.1, 0.15) is 6.04 Å². The Balaban J connectivity index is 2.45. The van der Waals surface area contributed by atoms with Gasteiger partial charge in [-0.1, -0.05) is 44.5 Å². The maximum absolute atomic E-state index is 13.8. The van der Waals surface area contributed by atoms with Crippen LogP contribution in [0, 0.1) is 11.8 Å². The minimum absolute atomic E-state index is 0.00777. The molecule has 1 fully saturated rings. The number of piperazine rings is 1. The molecule has 0 spiro atoms. The fraction of sp³-hybridized carbons (Fsp3) is 0.545. The molecule has 0 saturated carbocycles. The van der Waals surface area contributed by atoms with Crippen LogP contribution in [0.5, 0.6) is 0 Å². The molecule has 2 rings (SSSR count). The van der Waals surface area contributed by atoms with Crippen LogP contribution in [0.1, 0.15) is 38.7 Å². The van der Waals surface area contributed by atoms with Crippen molar-refractivity contribution in [1.82, 2.24) is 20.6 Å². The van der Waals surface area contributed by atoms with Gasteiger partial charge in [0.05, 0.1) is 18.4 Å². The zero-order valence-corrected chi connectivity index (χ0v) is 19.7. The lowest BCUT2D eigenvalue weighted by molar-refractivity contribution is -0.148. The molecule has 0 bridgehead atoms. The van der Waals surface area contributed by atoms with Crippen LogP contribution in [-0.2, 0) is 14.4 Å². The smallest absolute Gasteiger partial charge is 0.407 e. The van der Waals surface area contributed by atoms with Gasteiger partial charge in [-0.2, -0.15) is 0 Å². The number of hydrogen-bond donors (Lipinski definition) is 4. The number of carbonyl (C=O) groups excluding carboxylic acids is 3. The minimum Gasteiger partial charge on any atom is -0.465 e. The van der Waals surface area contributed by atoms with Gasteiger partial charge in [-0.25, -0.2) is 10.3 Å². The highest BCUT2D eigenvalue weighted by Gasteiger charge is 2.43. The third kappa shape index (κ3) is 6.58. The number of hydroxylamine groups is 1. The summed E-state index contributed by atoms with van der Waals surface area (Å²) < 4.78 is 0. The van der Waals surface area contributed by atoms with E-state index in [0.717, 1.165) is 4.90 Å². The molecule has 0 aromatic heterocycles. The van der Waals surface area contributed by atoms with Crippen molar-refractivity contribution in [2.75, 3.05) is 26.2 Å². The lowest BCUT2D eigenvalue weighted by Gasteiger charge is -2.41. The molecule has 0 aliphatic carbocycles. The van der Waals surface area contributed by atoms with Crippen LogP contribution in [-0.4, -0.2) is 76.1 Å². The summed E-state index contributed by atoms with van der Waals surface area (Å²) in [5.41, 5.74) is 2.12. The van der Waals surface area contributed by atoms with E-state index in [-0.39, 0.29) is 32.0 Å². The number of halogens is 1. The SMILES string of the molecule is CC[C@H](C(=O)NO)[C@H](C(=O)N1CCN(C(=O)O)C[C@H]1C(=O)NCC(C)C)c1ccc(Cl)cc1. The van der Waals surface area contributed by atoms with Crippen molar-refractivity contribution in [3.63, 3.8) is 0 Å². The molecule has 1 heterocycles. The van der Waals surface area contributed by atoms with Crippen LogP contribution >= 0.6 is 11.6 Å². The summed E-state index contributed by atoms with van der Waals surface area (Å²) in [4.78, 5) is 53.2. The molecule has 1 saturated heterocycles. The highest BCUT2D eigenvalue weighted by molar-refractivity contribution is 6.30. The third-order valence-corrected chi connectivity index (χ3v) is 5.96. The number of carbonyl (C=O) groups is 4. The standard InChI is InChI=1S/C22H31ClN4O6/c1-4-16(19(28)25-33)18(14-5-7-15(23)8-6-14)21(30)27-10-9-26(22(31)32)12-17(27)20(29)24-11-13(2)3/h5-8,13,16-18,33H,4,9-12H2,1-3H3,(H,24,29)(H,25,28)(H,31,32)/t16-,17-,18+/m0/s1. The maximum atomic E-state index is 13.8. The van der Waals surface area contributed by atoms with Crippen LogP contribution in [0.15, 0.2) is 24.3 Å². The Morgan fingerprint density at radius 1 is 1.15 bits per heavy atom. The zero-order valence-electron chi connectivity index (χ0n) is 19.0. The number of carboxylic acid groups (broad SMARTS) is 1. The van der Waals surface area contributed by atoms with Crippen molar-refractivity contribution in [1.29, 1.82) is 0 Å². The van der Waals surface area contributed by atoms with Gasteiger partial charge in [0.25, 0.3) is 0 Å². The first-order chi connectivity index (χ1) is 15.6. The van der Waals surface area contributed by atoms with E-state index in [1.165, 1.54) is 4.90 Å². The molecular weight excluding hydrogens is 452 g/mol. The number of hydrogen-bond acceptors (Lipinski definition) is 5. The van der Waals surface area contributed by atoms with E-state index in [0.29, 0.717) is 17.1 Å². The Bertz CT molecular complexity index is 863. The van der Waals surface area contributed by atoms with Crippen molar-refractivity contribution in [3.8, 4) is 0 Å². The summed E-state index contributed by atoms with van der Waals surface area (Å²) in [6.07, 6.45) is -0.936. The monoisotopic (exact) mass is 482 g/mol. The Kier molecular flexibility index (Phi) is 9.48. The number of nitrogens with zero attached hydrogens (tertiary/aromatic N) is 2. The number of nitrogens with one attached hydrogen (secondary N) is 2. The number of benzene rings is 1. The molecule has 3 atom stereocenters. The second-order valence-corrected chi connectivity index (χ2v) is 8.87. The molecule has 182 valence electrons. The fourth-order valence-electron chi connectivity index (χ4n) is 3.92. The number of amides is 4. The van der Waals surface area contributed by atoms with E-state index in [1.54, 1.807) is 36.7 Å². The first-order valence-electron chi connectivity index (χ1n) is 10.9. The van der Waals surface area contributed by atoms with Crippen LogP contribution in [0.4, 0.5) is 4.79 Å². The molecule has 1 aromatic carbocycles. The first-order valence-corrected chi connectivity index (χ1v) is 11.2. The lowest BCUT2D eigenvalue weighted by atomic mass is 9.82. The van der Waals surface area contributed by atoms with Gasteiger partial charge >= 0.3 is 6.09 Å². The van der Waals surface area contributed by atoms with Crippen molar-refractivity contribution >= 4 is 35.4 Å². The normalized spacial score (nSPS) is 17.9. The highest BCUT2D eigenvalue weighted by atomic mass is 35.5. The van der Waals surface area contributed by atoms with Gasteiger partial charge in [0.2, 0.25) is 17.7 Å². The van der Waals surface area contributed by atoms with Crippen molar-refractivity contribution in [2.45, 2.75) is 39.2 Å². The zero-order chi connectivity index (χ0) is 24.7. The first kappa shape index (κ1) is 26.4. The molecule has 10 nitrogen and oxygen atoms in total. The summed E-state index contributed by atoms with van der Waals surface area (Å²) in [6, 6.07) is 5.39. The highest BCUT2D eigenvalue weighted by Crippen LogP contribution is 2.32. The average Bonchev–Trinajstić information content (AvgIpc) is 2.80. The van der Waals surface area contributed by atoms with Crippen LogP contribution < -0.4 is 10.8 Å². The molecule has 33 heavy (non-hydrogen) atoms. The van der Waals surface area contributed by atoms with E-state index in [4.69, 9.17) is 11.6 Å². The van der Waals surface area contributed by atoms with Crippen LogP contribution in [0.2, 0.25) is 5.02 Å². The summed E-state index contributed by atoms with van der Waals surface area (Å²) in [6.45, 7) is 5.77. The molecule has 0 radical (unpaired) electrons. The average molecular weight is 483 g/mol. The predicted octanol–water partition coefficient (Wildman–Crippen LogP) is 1.92. The fourth-order valence-corrected chi connectivity index (χ4v) is 4.04. The molecule has 1 aliphatic rings. The third-order valence-electron chi connectivity index (χ3n) is 5.71. The van der Waals surface area contributed by atoms with Gasteiger partial charge in [0, 0.05) is 24.7 Å². The Morgan fingerprint density at radius 3 is 2.30 bits per heavy atom. The Hall–Kier alpha value is -2.85. The minimum atomic E-state index is -1.18. The predicted molar refractivity (Wildman–Crippen MR) is 121 cm³/mol. The second kappa shape index (κ2) is 11.9. The van der Waals surface area contributed by atoms with E-state index in [9.17, 15) is 29.5 Å². The molecular formula is C22H31ClN4O6. The van der Waals surface area contributed by atoms with Gasteiger partial charge < -0.3 is 20.2 Å². The van der Waals surface area contributed by atoms with Gasteiger partial charge in [-0.15, -0.1) is 0 Å². The molecule has 11 heteroatoms. The van der Waals surface area contributed by atoms with Gasteiger partial charge in [0.15, 0.2) is 0 Å². The van der Waals surface area contributed by atoms with Gasteiger partial charge in [-0.3, -0.25) is 19.6 Å². The molecule has 0 unspecified atom stereocenters. The lowest BCUT2D eigenvalue weighted by Crippen LogP contribution is -2.62. The summed E-state index contributed by atoms with van der Waals surface area (Å²) in [5, 5.41) is 21.9. The molecule has 4 N–H and O–H groups in total. The van der Waals surface area contributed by atoms with Crippen molar-refractivity contribution in [3.05, 3.63) is 34.9 Å². The quantitative estimate of drug-likeness (QED) is 0.329. The van der Waals surface area contributed by atoms with Crippen molar-refractivity contribution in [2.24, 2.45) is 11.8 Å². The number of rotatable bonds is 8. The summed E-state index contributed by atoms with van der Waals surface area (Å²) in [5.74, 6) is -3.44. The maximum Gasteiger partial charge on any atom is 0.407 e. The Labute approximate surface area is 197 Å². The summed E-state index contributed by atoms with van der Waals surface area (Å²) in [7, 11) is 0. The van der Waals surface area contributed by atoms with Crippen LogP contribution in [0.25, 0.3) is 0 Å². The molecule has 1 aromatic rings. The van der Waals surface area contributed by atoms with E-state index in [2.05, 4.69) is 5.32 Å². The van der Waals surface area contributed by atoms with Crippen molar-refractivity contribution < 1.29 is 29.5 Å². The Morgan fingerprint density at radius 2 is 1.79 bits per heavy atom. The second-order valence-electron chi connectivity index (χ2n) is 8.44.